The number of rotatable bonds is 5. The van der Waals surface area contributed by atoms with E-state index in [4.69, 9.17) is 15.0 Å². The fraction of sp³-hybridized carbons (Fsp3) is 0.478. The number of aromatic nitrogens is 6. The van der Waals surface area contributed by atoms with Gasteiger partial charge in [0, 0.05) is 24.7 Å². The average molecular weight is 430 g/mol. The summed E-state index contributed by atoms with van der Waals surface area (Å²) in [7, 11) is 0. The molecule has 3 N–H and O–H groups in total. The van der Waals surface area contributed by atoms with E-state index in [2.05, 4.69) is 25.6 Å². The van der Waals surface area contributed by atoms with Gasteiger partial charge in [0.2, 0.25) is 11.9 Å². The highest BCUT2D eigenvalue weighted by Gasteiger charge is 2.36. The molecule has 3 aliphatic rings. The average Bonchev–Trinajstić information content (AvgIpc) is 3.24. The van der Waals surface area contributed by atoms with Gasteiger partial charge in [0.1, 0.15) is 5.82 Å². The number of benzene rings is 1. The second-order valence-corrected chi connectivity index (χ2v) is 9.38. The van der Waals surface area contributed by atoms with Crippen LogP contribution in [0.4, 0.5) is 11.9 Å². The van der Waals surface area contributed by atoms with Gasteiger partial charge in [-0.3, -0.25) is 0 Å². The maximum atomic E-state index is 5.01. The van der Waals surface area contributed by atoms with Crippen molar-refractivity contribution in [1.82, 2.24) is 34.9 Å². The molecule has 32 heavy (non-hydrogen) atoms. The van der Waals surface area contributed by atoms with Gasteiger partial charge in [0.05, 0.1) is 23.8 Å². The molecule has 2 aliphatic heterocycles. The molecule has 0 radical (unpaired) electrons. The van der Waals surface area contributed by atoms with Gasteiger partial charge in [-0.1, -0.05) is 12.1 Å². The zero-order chi connectivity index (χ0) is 21.1. The van der Waals surface area contributed by atoms with Gasteiger partial charge < -0.3 is 20.5 Å². The number of fused-ring (bicyclic) bond motifs is 3. The predicted octanol–water partition coefficient (Wildman–Crippen LogP) is 2.68. The predicted molar refractivity (Wildman–Crippen MR) is 123 cm³/mol. The SMILES string of the molecule is c1ccc2[nH]c(CNc3nc(N4CC5CCCNC5C4)nc4c(C5CC5)cnn34)nc2c1. The van der Waals surface area contributed by atoms with Crippen LogP contribution in [0.1, 0.15) is 43.0 Å². The van der Waals surface area contributed by atoms with Crippen LogP contribution in [0.3, 0.4) is 0 Å². The summed E-state index contributed by atoms with van der Waals surface area (Å²) in [5.41, 5.74) is 4.20. The second kappa shape index (κ2) is 7.16. The van der Waals surface area contributed by atoms with Crippen molar-refractivity contribution in [3.05, 3.63) is 41.9 Å². The van der Waals surface area contributed by atoms with Crippen LogP contribution in [0, 0.1) is 5.92 Å². The molecule has 4 aromatic rings. The zero-order valence-electron chi connectivity index (χ0n) is 18.0. The van der Waals surface area contributed by atoms with Crippen LogP contribution in [0.25, 0.3) is 16.7 Å². The molecule has 2 unspecified atom stereocenters. The van der Waals surface area contributed by atoms with Crippen molar-refractivity contribution in [2.75, 3.05) is 29.9 Å². The van der Waals surface area contributed by atoms with Crippen LogP contribution in [-0.4, -0.2) is 55.2 Å². The van der Waals surface area contributed by atoms with Crippen LogP contribution in [-0.2, 0) is 6.54 Å². The standard InChI is InChI=1S/C23H27N9/c1-2-6-18-17(5-1)27-20(28-18)11-25-22-30-23(31-12-15-4-3-9-24-19(15)13-31)29-21-16(14-7-8-14)10-26-32(21)22/h1-2,5-6,10,14-15,19,24H,3-4,7-9,11-13H2,(H,27,28)(H,25,29,30). The molecule has 1 aliphatic carbocycles. The molecule has 0 bridgehead atoms. The molecule has 5 heterocycles. The number of nitrogens with zero attached hydrogens (tertiary/aromatic N) is 6. The molecule has 1 saturated carbocycles. The molecule has 9 nitrogen and oxygen atoms in total. The third-order valence-electron chi connectivity index (χ3n) is 7.14. The van der Waals surface area contributed by atoms with E-state index in [1.165, 1.54) is 31.2 Å². The lowest BCUT2D eigenvalue weighted by Gasteiger charge is -2.24. The summed E-state index contributed by atoms with van der Waals surface area (Å²) in [4.78, 5) is 20.4. The van der Waals surface area contributed by atoms with E-state index in [-0.39, 0.29) is 0 Å². The highest BCUT2D eigenvalue weighted by atomic mass is 15.4. The van der Waals surface area contributed by atoms with E-state index in [0.717, 1.165) is 54.0 Å². The highest BCUT2D eigenvalue weighted by molar-refractivity contribution is 5.74. The zero-order valence-corrected chi connectivity index (χ0v) is 18.0. The first-order valence-corrected chi connectivity index (χ1v) is 11.7. The van der Waals surface area contributed by atoms with Gasteiger partial charge in [-0.05, 0) is 56.2 Å². The van der Waals surface area contributed by atoms with Gasteiger partial charge in [-0.25, -0.2) is 4.98 Å². The molecular weight excluding hydrogens is 402 g/mol. The maximum Gasteiger partial charge on any atom is 0.230 e. The van der Waals surface area contributed by atoms with Gasteiger partial charge in [-0.2, -0.15) is 19.6 Å². The van der Waals surface area contributed by atoms with Crippen molar-refractivity contribution in [2.45, 2.75) is 44.2 Å². The minimum absolute atomic E-state index is 0.545. The molecule has 0 spiro atoms. The quantitative estimate of drug-likeness (QED) is 0.449. The number of imidazole rings is 1. The van der Waals surface area contributed by atoms with E-state index >= 15 is 0 Å². The van der Waals surface area contributed by atoms with Crippen molar-refractivity contribution in [2.24, 2.45) is 5.92 Å². The molecule has 7 rings (SSSR count). The van der Waals surface area contributed by atoms with Gasteiger partial charge >= 0.3 is 0 Å². The van der Waals surface area contributed by atoms with E-state index in [9.17, 15) is 0 Å². The second-order valence-electron chi connectivity index (χ2n) is 9.38. The molecule has 0 amide bonds. The highest BCUT2D eigenvalue weighted by Crippen LogP contribution is 2.42. The maximum absolute atomic E-state index is 5.01. The summed E-state index contributed by atoms with van der Waals surface area (Å²) in [6.45, 7) is 3.65. The molecule has 9 heteroatoms. The first-order valence-electron chi connectivity index (χ1n) is 11.7. The molecule has 3 aromatic heterocycles. The number of anilines is 2. The molecule has 2 saturated heterocycles. The Morgan fingerprint density at radius 1 is 1.06 bits per heavy atom. The Morgan fingerprint density at radius 3 is 2.88 bits per heavy atom. The lowest BCUT2D eigenvalue weighted by atomic mass is 9.94. The Kier molecular flexibility index (Phi) is 4.11. The Bertz CT molecular complexity index is 1240. The number of piperidine rings is 1. The van der Waals surface area contributed by atoms with Crippen molar-refractivity contribution < 1.29 is 0 Å². The number of aromatic amines is 1. The van der Waals surface area contributed by atoms with Gasteiger partial charge in [-0.15, -0.1) is 0 Å². The lowest BCUT2D eigenvalue weighted by Crippen LogP contribution is -2.40. The minimum atomic E-state index is 0.545. The van der Waals surface area contributed by atoms with E-state index in [0.29, 0.717) is 24.4 Å². The summed E-state index contributed by atoms with van der Waals surface area (Å²) in [6.07, 6.45) is 6.96. The lowest BCUT2D eigenvalue weighted by molar-refractivity contribution is 0.340. The number of hydrogen-bond acceptors (Lipinski definition) is 7. The van der Waals surface area contributed by atoms with Crippen LogP contribution in [0.2, 0.25) is 0 Å². The smallest absolute Gasteiger partial charge is 0.230 e. The monoisotopic (exact) mass is 429 g/mol. The van der Waals surface area contributed by atoms with Crippen molar-refractivity contribution in [3.63, 3.8) is 0 Å². The van der Waals surface area contributed by atoms with Crippen LogP contribution < -0.4 is 15.5 Å². The third kappa shape index (κ3) is 3.10. The fourth-order valence-corrected chi connectivity index (χ4v) is 5.28. The molecule has 2 atom stereocenters. The Hall–Kier alpha value is -3.20. The summed E-state index contributed by atoms with van der Waals surface area (Å²) in [5.74, 6) is 3.68. The Morgan fingerprint density at radius 2 is 2.00 bits per heavy atom. The van der Waals surface area contributed by atoms with Gasteiger partial charge in [0.25, 0.3) is 0 Å². The summed E-state index contributed by atoms with van der Waals surface area (Å²) >= 11 is 0. The first-order chi connectivity index (χ1) is 15.8. The molecule has 3 fully saturated rings. The Balaban J connectivity index is 1.23. The first kappa shape index (κ1) is 18.4. The largest absolute Gasteiger partial charge is 0.347 e. The van der Waals surface area contributed by atoms with Gasteiger partial charge in [0.15, 0.2) is 5.65 Å². The van der Waals surface area contributed by atoms with Crippen molar-refractivity contribution in [3.8, 4) is 0 Å². The van der Waals surface area contributed by atoms with Crippen molar-refractivity contribution >= 4 is 28.6 Å². The number of H-pyrrole nitrogens is 1. The molecule has 1 aromatic carbocycles. The van der Waals surface area contributed by atoms with Crippen LogP contribution >= 0.6 is 0 Å². The summed E-state index contributed by atoms with van der Waals surface area (Å²) in [5, 5.41) is 11.8. The van der Waals surface area contributed by atoms with Crippen LogP contribution in [0.5, 0.6) is 0 Å². The topological polar surface area (TPSA) is 99.1 Å². The summed E-state index contributed by atoms with van der Waals surface area (Å²) < 4.78 is 1.86. The number of nitrogens with one attached hydrogen (secondary N) is 3. The Labute approximate surface area is 185 Å². The number of para-hydroxylation sites is 2. The van der Waals surface area contributed by atoms with E-state index in [1.807, 2.05) is 35.0 Å². The molecular formula is C23H27N9. The van der Waals surface area contributed by atoms with Crippen LogP contribution in [0.15, 0.2) is 30.5 Å². The third-order valence-corrected chi connectivity index (χ3v) is 7.14. The normalized spacial score (nSPS) is 23.2. The fourth-order valence-electron chi connectivity index (χ4n) is 5.28. The van der Waals surface area contributed by atoms with Crippen molar-refractivity contribution in [1.29, 1.82) is 0 Å². The van der Waals surface area contributed by atoms with E-state index < -0.39 is 0 Å². The van der Waals surface area contributed by atoms with E-state index in [1.54, 1.807) is 0 Å². The summed E-state index contributed by atoms with van der Waals surface area (Å²) in [6, 6.07) is 8.63. The minimum Gasteiger partial charge on any atom is -0.347 e. The molecule has 164 valence electrons. The number of hydrogen-bond donors (Lipinski definition) is 3.